The van der Waals surface area contributed by atoms with Crippen LogP contribution in [0.3, 0.4) is 0 Å². The molecule has 1 aliphatic heterocycles. The maximum Gasteiger partial charge on any atom is 0.251 e. The zero-order valence-electron chi connectivity index (χ0n) is 16.2. The van der Waals surface area contributed by atoms with Crippen molar-refractivity contribution in [2.75, 3.05) is 18.5 Å². The molecule has 2 amide bonds. The van der Waals surface area contributed by atoms with E-state index in [-0.39, 0.29) is 24.0 Å². The number of nitrogens with one attached hydrogen (secondary N) is 2. The summed E-state index contributed by atoms with van der Waals surface area (Å²) in [5, 5.41) is 5.81. The van der Waals surface area contributed by atoms with E-state index in [2.05, 4.69) is 10.6 Å². The van der Waals surface area contributed by atoms with E-state index in [1.807, 2.05) is 37.3 Å². The summed E-state index contributed by atoms with van der Waals surface area (Å²) in [5.41, 5.74) is 2.04. The molecular weight excluding hydrogens is 356 g/mol. The van der Waals surface area contributed by atoms with Gasteiger partial charge in [0.15, 0.2) is 0 Å². The number of ether oxygens (including phenoxy) is 2. The summed E-state index contributed by atoms with van der Waals surface area (Å²) in [6, 6.07) is 15.0. The van der Waals surface area contributed by atoms with Crippen LogP contribution in [-0.4, -0.2) is 31.1 Å². The highest BCUT2D eigenvalue weighted by Crippen LogP contribution is 2.30. The summed E-state index contributed by atoms with van der Waals surface area (Å²) >= 11 is 0. The molecule has 0 saturated carbocycles. The first kappa shape index (κ1) is 19.9. The summed E-state index contributed by atoms with van der Waals surface area (Å²) in [7, 11) is 0. The van der Waals surface area contributed by atoms with E-state index < -0.39 is 0 Å². The van der Waals surface area contributed by atoms with Gasteiger partial charge in [-0.15, -0.1) is 0 Å². The molecule has 148 valence electrons. The third-order valence-electron chi connectivity index (χ3n) is 4.68. The van der Waals surface area contributed by atoms with Gasteiger partial charge in [0.05, 0.1) is 5.69 Å². The molecule has 1 heterocycles. The predicted molar refractivity (Wildman–Crippen MR) is 108 cm³/mol. The van der Waals surface area contributed by atoms with Gasteiger partial charge >= 0.3 is 0 Å². The Kier molecular flexibility index (Phi) is 6.66. The van der Waals surface area contributed by atoms with Gasteiger partial charge in [-0.3, -0.25) is 9.59 Å². The Labute approximate surface area is 165 Å². The molecule has 2 aromatic rings. The van der Waals surface area contributed by atoms with Gasteiger partial charge in [0.2, 0.25) is 5.91 Å². The first-order chi connectivity index (χ1) is 13.5. The van der Waals surface area contributed by atoms with Gasteiger partial charge in [-0.1, -0.05) is 30.3 Å². The highest BCUT2D eigenvalue weighted by molar-refractivity contribution is 5.97. The molecule has 0 spiro atoms. The number of amides is 2. The SMILES string of the molecule is CC(=O)Nc1ccc(C(=O)NC2CCOCC2)cc1O[C@@H](C)c1ccccc1. The molecule has 1 aliphatic rings. The second-order valence-electron chi connectivity index (χ2n) is 6.92. The molecule has 0 aromatic heterocycles. The third kappa shape index (κ3) is 5.33. The van der Waals surface area contributed by atoms with E-state index >= 15 is 0 Å². The van der Waals surface area contributed by atoms with Crippen molar-refractivity contribution in [3.63, 3.8) is 0 Å². The van der Waals surface area contributed by atoms with Gasteiger partial charge in [0.25, 0.3) is 5.91 Å². The van der Waals surface area contributed by atoms with E-state index in [0.717, 1.165) is 18.4 Å². The van der Waals surface area contributed by atoms with Gasteiger partial charge < -0.3 is 20.1 Å². The number of carbonyl (C=O) groups is 2. The fraction of sp³-hybridized carbons (Fsp3) is 0.364. The topological polar surface area (TPSA) is 76.7 Å². The normalized spacial score (nSPS) is 15.5. The van der Waals surface area contributed by atoms with Crippen LogP contribution in [0.1, 0.15) is 48.7 Å². The molecule has 0 aliphatic carbocycles. The summed E-state index contributed by atoms with van der Waals surface area (Å²) < 4.78 is 11.4. The average molecular weight is 382 g/mol. The minimum absolute atomic E-state index is 0.115. The van der Waals surface area contributed by atoms with Crippen LogP contribution in [-0.2, 0) is 9.53 Å². The van der Waals surface area contributed by atoms with Crippen molar-refractivity contribution in [2.24, 2.45) is 0 Å². The van der Waals surface area contributed by atoms with Crippen molar-refractivity contribution in [2.45, 2.75) is 38.8 Å². The van der Waals surface area contributed by atoms with E-state index in [1.165, 1.54) is 6.92 Å². The molecular formula is C22H26N2O4. The lowest BCUT2D eigenvalue weighted by Crippen LogP contribution is -2.38. The summed E-state index contributed by atoms with van der Waals surface area (Å²) in [4.78, 5) is 24.2. The largest absolute Gasteiger partial charge is 0.484 e. The van der Waals surface area contributed by atoms with Crippen molar-refractivity contribution < 1.29 is 19.1 Å². The van der Waals surface area contributed by atoms with Crippen LogP contribution in [0, 0.1) is 0 Å². The molecule has 1 atom stereocenters. The Morgan fingerprint density at radius 3 is 2.50 bits per heavy atom. The zero-order chi connectivity index (χ0) is 19.9. The number of benzene rings is 2. The molecule has 1 saturated heterocycles. The van der Waals surface area contributed by atoms with E-state index in [1.54, 1.807) is 18.2 Å². The molecule has 2 aromatic carbocycles. The number of carbonyl (C=O) groups excluding carboxylic acids is 2. The van der Waals surface area contributed by atoms with Crippen LogP contribution in [0.4, 0.5) is 5.69 Å². The Hall–Kier alpha value is -2.86. The number of hydrogen-bond donors (Lipinski definition) is 2. The molecule has 0 bridgehead atoms. The van der Waals surface area contributed by atoms with Crippen LogP contribution in [0.15, 0.2) is 48.5 Å². The van der Waals surface area contributed by atoms with Crippen LogP contribution in [0.5, 0.6) is 5.75 Å². The van der Waals surface area contributed by atoms with Crippen molar-refractivity contribution in [1.29, 1.82) is 0 Å². The van der Waals surface area contributed by atoms with Gasteiger partial charge in [-0.05, 0) is 43.5 Å². The van der Waals surface area contributed by atoms with Crippen molar-refractivity contribution in [3.8, 4) is 5.75 Å². The first-order valence-electron chi connectivity index (χ1n) is 9.55. The van der Waals surface area contributed by atoms with Crippen molar-refractivity contribution in [3.05, 3.63) is 59.7 Å². The standard InChI is InChI=1S/C22H26N2O4/c1-15(17-6-4-3-5-7-17)28-21-14-18(8-9-20(21)23-16(2)25)22(26)24-19-10-12-27-13-11-19/h3-9,14-15,19H,10-13H2,1-2H3,(H,23,25)(H,24,26)/t15-/m0/s1. The smallest absolute Gasteiger partial charge is 0.251 e. The molecule has 0 unspecified atom stereocenters. The van der Waals surface area contributed by atoms with E-state index in [4.69, 9.17) is 9.47 Å². The van der Waals surface area contributed by atoms with Crippen LogP contribution in [0.2, 0.25) is 0 Å². The van der Waals surface area contributed by atoms with Crippen LogP contribution < -0.4 is 15.4 Å². The fourth-order valence-electron chi connectivity index (χ4n) is 3.15. The lowest BCUT2D eigenvalue weighted by molar-refractivity contribution is -0.114. The number of anilines is 1. The average Bonchev–Trinajstić information content (AvgIpc) is 2.70. The Morgan fingerprint density at radius 1 is 1.11 bits per heavy atom. The molecule has 3 rings (SSSR count). The van der Waals surface area contributed by atoms with Gasteiger partial charge in [-0.25, -0.2) is 0 Å². The summed E-state index contributed by atoms with van der Waals surface area (Å²) in [6.45, 7) is 4.70. The Morgan fingerprint density at radius 2 is 1.82 bits per heavy atom. The maximum atomic E-state index is 12.7. The van der Waals surface area contributed by atoms with Crippen LogP contribution in [0.25, 0.3) is 0 Å². The highest BCUT2D eigenvalue weighted by atomic mass is 16.5. The molecule has 0 radical (unpaired) electrons. The van der Waals surface area contributed by atoms with E-state index in [9.17, 15) is 9.59 Å². The van der Waals surface area contributed by atoms with Gasteiger partial charge in [0.1, 0.15) is 11.9 Å². The summed E-state index contributed by atoms with van der Waals surface area (Å²) in [6.07, 6.45) is 1.39. The fourth-order valence-corrected chi connectivity index (χ4v) is 3.15. The molecule has 1 fully saturated rings. The number of rotatable bonds is 6. The van der Waals surface area contributed by atoms with E-state index in [0.29, 0.717) is 30.2 Å². The number of hydrogen-bond acceptors (Lipinski definition) is 4. The highest BCUT2D eigenvalue weighted by Gasteiger charge is 2.19. The predicted octanol–water partition coefficient (Wildman–Crippen LogP) is 3.69. The lowest BCUT2D eigenvalue weighted by Gasteiger charge is -2.23. The molecule has 6 heteroatoms. The van der Waals surface area contributed by atoms with Crippen molar-refractivity contribution >= 4 is 17.5 Å². The first-order valence-corrected chi connectivity index (χ1v) is 9.55. The third-order valence-corrected chi connectivity index (χ3v) is 4.68. The second-order valence-corrected chi connectivity index (χ2v) is 6.92. The minimum atomic E-state index is -0.234. The minimum Gasteiger partial charge on any atom is -0.484 e. The van der Waals surface area contributed by atoms with Crippen LogP contribution >= 0.6 is 0 Å². The molecule has 2 N–H and O–H groups in total. The zero-order valence-corrected chi connectivity index (χ0v) is 16.2. The monoisotopic (exact) mass is 382 g/mol. The lowest BCUT2D eigenvalue weighted by atomic mass is 10.1. The quantitative estimate of drug-likeness (QED) is 0.799. The molecule has 6 nitrogen and oxygen atoms in total. The Bertz CT molecular complexity index is 817. The Balaban J connectivity index is 1.79. The van der Waals surface area contributed by atoms with Gasteiger partial charge in [-0.2, -0.15) is 0 Å². The summed E-state index contributed by atoms with van der Waals surface area (Å²) in [5.74, 6) is 0.112. The van der Waals surface area contributed by atoms with Crippen molar-refractivity contribution in [1.82, 2.24) is 5.32 Å². The second kappa shape index (κ2) is 9.37. The molecule has 28 heavy (non-hydrogen) atoms. The maximum absolute atomic E-state index is 12.7. The van der Waals surface area contributed by atoms with Gasteiger partial charge in [0, 0.05) is 31.7 Å².